The molecule has 0 bridgehead atoms. The lowest BCUT2D eigenvalue weighted by molar-refractivity contribution is 0.395. The summed E-state index contributed by atoms with van der Waals surface area (Å²) in [5, 5.41) is 8.40. The van der Waals surface area contributed by atoms with Crippen molar-refractivity contribution in [2.75, 3.05) is 14.2 Å². The van der Waals surface area contributed by atoms with Crippen molar-refractivity contribution in [2.45, 2.75) is 19.5 Å². The van der Waals surface area contributed by atoms with Gasteiger partial charge in [0.15, 0.2) is 5.11 Å². The Hall–Kier alpha value is -4.17. The number of ether oxygens (including phenoxy) is 2. The highest BCUT2D eigenvalue weighted by Crippen LogP contribution is 2.38. The van der Waals surface area contributed by atoms with Gasteiger partial charge in [-0.3, -0.25) is 0 Å². The fourth-order valence-electron chi connectivity index (χ4n) is 4.29. The number of hydrogen-bond donors (Lipinski definition) is 1. The summed E-state index contributed by atoms with van der Waals surface area (Å²) in [6.45, 7) is 2.61. The Morgan fingerprint density at radius 3 is 2.42 bits per heavy atom. The summed E-state index contributed by atoms with van der Waals surface area (Å²) < 4.78 is 16.5. The summed E-state index contributed by atoms with van der Waals surface area (Å²) in [7, 11) is 3.30. The Balaban J connectivity index is 1.56. The van der Waals surface area contributed by atoms with Crippen molar-refractivity contribution in [3.63, 3.8) is 0 Å². The van der Waals surface area contributed by atoms with Crippen molar-refractivity contribution < 1.29 is 14.0 Å². The van der Waals surface area contributed by atoms with Gasteiger partial charge in [0.25, 0.3) is 5.89 Å². The number of rotatable bonds is 7. The third-order valence-corrected chi connectivity index (χ3v) is 6.55. The normalized spacial score (nSPS) is 15.6. The predicted molar refractivity (Wildman–Crippen MR) is 142 cm³/mol. The van der Waals surface area contributed by atoms with E-state index < -0.39 is 0 Å². The Morgan fingerprint density at radius 2 is 1.69 bits per heavy atom. The SMILES string of the molecule is COc1ccc(-c2noc(C3=C(C)N(Cc4cccc(OC)c4)C(=S)NC3c3ccccc3)n2)cc1. The minimum Gasteiger partial charge on any atom is -0.497 e. The zero-order chi connectivity index (χ0) is 25.1. The summed E-state index contributed by atoms with van der Waals surface area (Å²) in [6.07, 6.45) is 0. The van der Waals surface area contributed by atoms with E-state index >= 15 is 0 Å². The predicted octanol–water partition coefficient (Wildman–Crippen LogP) is 5.62. The molecule has 1 aromatic heterocycles. The first-order valence-electron chi connectivity index (χ1n) is 11.5. The van der Waals surface area contributed by atoms with E-state index in [1.165, 1.54) is 0 Å². The second-order valence-electron chi connectivity index (χ2n) is 8.38. The van der Waals surface area contributed by atoms with Crippen LogP contribution in [0.2, 0.25) is 0 Å². The van der Waals surface area contributed by atoms with Gasteiger partial charge in [-0.05, 0) is 66.7 Å². The van der Waals surface area contributed by atoms with Crippen LogP contribution in [0.5, 0.6) is 11.5 Å². The Bertz CT molecular complexity index is 1400. The van der Waals surface area contributed by atoms with Crippen LogP contribution >= 0.6 is 12.2 Å². The number of hydrogen-bond acceptors (Lipinski definition) is 6. The fraction of sp³-hybridized carbons (Fsp3) is 0.179. The molecule has 182 valence electrons. The van der Waals surface area contributed by atoms with Gasteiger partial charge in [-0.15, -0.1) is 0 Å². The molecule has 8 heteroatoms. The first-order valence-corrected chi connectivity index (χ1v) is 11.9. The van der Waals surface area contributed by atoms with Crippen LogP contribution < -0.4 is 14.8 Å². The van der Waals surface area contributed by atoms with Gasteiger partial charge in [-0.1, -0.05) is 47.6 Å². The highest BCUT2D eigenvalue weighted by atomic mass is 32.1. The van der Waals surface area contributed by atoms with Gasteiger partial charge in [-0.25, -0.2) is 0 Å². The van der Waals surface area contributed by atoms with E-state index in [4.69, 9.17) is 31.2 Å². The first kappa shape index (κ1) is 23.6. The Morgan fingerprint density at radius 1 is 0.944 bits per heavy atom. The van der Waals surface area contributed by atoms with E-state index in [-0.39, 0.29) is 6.04 Å². The van der Waals surface area contributed by atoms with E-state index in [0.29, 0.717) is 23.4 Å². The van der Waals surface area contributed by atoms with E-state index in [1.54, 1.807) is 14.2 Å². The zero-order valence-corrected chi connectivity index (χ0v) is 21.1. The minimum absolute atomic E-state index is 0.232. The van der Waals surface area contributed by atoms with Gasteiger partial charge >= 0.3 is 0 Å². The molecule has 0 fully saturated rings. The van der Waals surface area contributed by atoms with Crippen molar-refractivity contribution in [2.24, 2.45) is 0 Å². The van der Waals surface area contributed by atoms with E-state index in [2.05, 4.69) is 33.6 Å². The minimum atomic E-state index is -0.232. The zero-order valence-electron chi connectivity index (χ0n) is 20.3. The van der Waals surface area contributed by atoms with Crippen LogP contribution in [0.4, 0.5) is 0 Å². The molecule has 0 spiro atoms. The van der Waals surface area contributed by atoms with Gasteiger partial charge < -0.3 is 24.2 Å². The quantitative estimate of drug-likeness (QED) is 0.329. The van der Waals surface area contributed by atoms with E-state index in [1.807, 2.05) is 67.6 Å². The molecule has 1 atom stereocenters. The van der Waals surface area contributed by atoms with Crippen LogP contribution in [0.15, 0.2) is 89.1 Å². The van der Waals surface area contributed by atoms with Crippen LogP contribution in [-0.4, -0.2) is 34.4 Å². The monoisotopic (exact) mass is 498 g/mol. The molecule has 1 aliphatic heterocycles. The van der Waals surface area contributed by atoms with Gasteiger partial charge in [0, 0.05) is 11.3 Å². The summed E-state index contributed by atoms with van der Waals surface area (Å²) >= 11 is 5.82. The van der Waals surface area contributed by atoms with Crippen LogP contribution in [0.25, 0.3) is 17.0 Å². The number of methoxy groups -OCH3 is 2. The topological polar surface area (TPSA) is 72.7 Å². The van der Waals surface area contributed by atoms with Crippen LogP contribution in [0.1, 0.15) is 30.0 Å². The third-order valence-electron chi connectivity index (χ3n) is 6.21. The number of nitrogens with one attached hydrogen (secondary N) is 1. The second-order valence-corrected chi connectivity index (χ2v) is 8.77. The van der Waals surface area contributed by atoms with Crippen LogP contribution in [0.3, 0.4) is 0 Å². The molecule has 1 aliphatic rings. The standard InChI is InChI=1S/C28H26N4O3S/c1-18-24(27-30-26(31-35-27)21-12-14-22(33-2)15-13-21)25(20-9-5-4-6-10-20)29-28(36)32(18)17-19-8-7-11-23(16-19)34-3/h4-16,25H,17H2,1-3H3,(H,29,36). The van der Waals surface area contributed by atoms with Gasteiger partial charge in [-0.2, -0.15) is 4.98 Å². The molecule has 0 aliphatic carbocycles. The Kier molecular flexibility index (Phi) is 6.69. The number of aromatic nitrogens is 2. The summed E-state index contributed by atoms with van der Waals surface area (Å²) in [4.78, 5) is 6.83. The summed E-state index contributed by atoms with van der Waals surface area (Å²) in [5.41, 5.74) is 4.79. The molecule has 36 heavy (non-hydrogen) atoms. The average molecular weight is 499 g/mol. The summed E-state index contributed by atoms with van der Waals surface area (Å²) in [6, 6.07) is 25.4. The molecule has 0 radical (unpaired) electrons. The number of benzene rings is 3. The molecule has 0 amide bonds. The van der Waals surface area contributed by atoms with Crippen molar-refractivity contribution >= 4 is 22.9 Å². The fourth-order valence-corrected chi connectivity index (χ4v) is 4.61. The average Bonchev–Trinajstić information content (AvgIpc) is 3.41. The van der Waals surface area contributed by atoms with Gasteiger partial charge in [0.1, 0.15) is 11.5 Å². The number of thiocarbonyl (C=S) groups is 1. The van der Waals surface area contributed by atoms with Crippen LogP contribution in [0, 0.1) is 0 Å². The summed E-state index contributed by atoms with van der Waals surface area (Å²) in [5.74, 6) is 2.52. The first-order chi connectivity index (χ1) is 17.6. The molecule has 0 saturated carbocycles. The highest BCUT2D eigenvalue weighted by molar-refractivity contribution is 7.80. The number of allylic oxidation sites excluding steroid dienone is 1. The maximum Gasteiger partial charge on any atom is 0.258 e. The van der Waals surface area contributed by atoms with Gasteiger partial charge in [0.2, 0.25) is 5.82 Å². The molecular weight excluding hydrogens is 472 g/mol. The molecule has 7 nitrogen and oxygen atoms in total. The van der Waals surface area contributed by atoms with E-state index in [9.17, 15) is 0 Å². The molecule has 0 saturated heterocycles. The van der Waals surface area contributed by atoms with Crippen molar-refractivity contribution in [3.05, 3.63) is 102 Å². The second kappa shape index (κ2) is 10.2. The molecular formula is C28H26N4O3S. The maximum atomic E-state index is 5.83. The van der Waals surface area contributed by atoms with Gasteiger partial charge in [0.05, 0.1) is 32.4 Å². The smallest absolute Gasteiger partial charge is 0.258 e. The van der Waals surface area contributed by atoms with Crippen molar-refractivity contribution in [1.29, 1.82) is 0 Å². The molecule has 2 heterocycles. The highest BCUT2D eigenvalue weighted by Gasteiger charge is 2.34. The maximum absolute atomic E-state index is 5.83. The lowest BCUT2D eigenvalue weighted by Crippen LogP contribution is -2.45. The van der Waals surface area contributed by atoms with Crippen LogP contribution in [-0.2, 0) is 6.54 Å². The number of nitrogens with zero attached hydrogens (tertiary/aromatic N) is 3. The Labute approximate surface area is 215 Å². The molecule has 1 unspecified atom stereocenters. The van der Waals surface area contributed by atoms with Crippen molar-refractivity contribution in [3.8, 4) is 22.9 Å². The van der Waals surface area contributed by atoms with E-state index in [0.717, 1.165) is 39.5 Å². The molecule has 3 aromatic carbocycles. The molecule has 1 N–H and O–H groups in total. The van der Waals surface area contributed by atoms with Crippen molar-refractivity contribution in [1.82, 2.24) is 20.4 Å². The molecule has 5 rings (SSSR count). The lowest BCUT2D eigenvalue weighted by atomic mass is 9.94. The molecule has 4 aromatic rings. The lowest BCUT2D eigenvalue weighted by Gasteiger charge is -2.37. The largest absolute Gasteiger partial charge is 0.497 e. The third kappa shape index (κ3) is 4.67.